The molecule has 152 valence electrons. The van der Waals surface area contributed by atoms with Gasteiger partial charge in [0.15, 0.2) is 0 Å². The quantitative estimate of drug-likeness (QED) is 0.708. The second-order valence-electron chi connectivity index (χ2n) is 7.87. The first-order valence-corrected chi connectivity index (χ1v) is 10.2. The minimum atomic E-state index is 0.238. The number of nitrogens with one attached hydrogen (secondary N) is 1. The molecule has 1 atom stereocenters. The highest BCUT2D eigenvalue weighted by atomic mass is 16.2. The predicted molar refractivity (Wildman–Crippen MR) is 111 cm³/mol. The fourth-order valence-corrected chi connectivity index (χ4v) is 3.68. The first-order valence-electron chi connectivity index (χ1n) is 10.2. The van der Waals surface area contributed by atoms with Crippen LogP contribution in [-0.2, 0) is 11.3 Å². The first-order chi connectivity index (χ1) is 13.3. The van der Waals surface area contributed by atoms with Gasteiger partial charge in [-0.15, -0.1) is 0 Å². The lowest BCUT2D eigenvalue weighted by Crippen LogP contribution is -2.27. The lowest BCUT2D eigenvalue weighted by molar-refractivity contribution is -0.127. The molecule has 2 aromatic heterocycles. The van der Waals surface area contributed by atoms with Crippen molar-refractivity contribution < 1.29 is 4.79 Å². The maximum absolute atomic E-state index is 11.7. The molecule has 1 aliphatic rings. The van der Waals surface area contributed by atoms with Crippen LogP contribution in [0.15, 0.2) is 6.07 Å². The van der Waals surface area contributed by atoms with Crippen molar-refractivity contribution in [1.29, 1.82) is 0 Å². The maximum Gasteiger partial charge on any atom is 0.222 e. The SMILES string of the molecule is Cc1nc(NCCCN2CCCC2=O)cc(C(C)Cn2nc(C)c(C)c2C)n1. The van der Waals surface area contributed by atoms with E-state index in [2.05, 4.69) is 52.8 Å². The summed E-state index contributed by atoms with van der Waals surface area (Å²) < 4.78 is 2.08. The third-order valence-corrected chi connectivity index (χ3v) is 5.64. The Hall–Kier alpha value is -2.44. The summed E-state index contributed by atoms with van der Waals surface area (Å²) in [5.74, 6) is 2.15. The Balaban J connectivity index is 1.58. The number of aryl methyl sites for hydroxylation is 2. The van der Waals surface area contributed by atoms with E-state index < -0.39 is 0 Å². The molecule has 0 spiro atoms. The lowest BCUT2D eigenvalue weighted by Gasteiger charge is -2.17. The number of carbonyl (C=O) groups excluding carboxylic acids is 1. The van der Waals surface area contributed by atoms with Gasteiger partial charge in [0.1, 0.15) is 11.6 Å². The van der Waals surface area contributed by atoms with Crippen LogP contribution in [0, 0.1) is 27.7 Å². The highest BCUT2D eigenvalue weighted by Gasteiger charge is 2.19. The second-order valence-corrected chi connectivity index (χ2v) is 7.87. The van der Waals surface area contributed by atoms with Gasteiger partial charge in [0.25, 0.3) is 0 Å². The van der Waals surface area contributed by atoms with Crippen molar-refractivity contribution in [1.82, 2.24) is 24.6 Å². The molecule has 1 aliphatic heterocycles. The van der Waals surface area contributed by atoms with Crippen LogP contribution in [0.2, 0.25) is 0 Å². The largest absolute Gasteiger partial charge is 0.370 e. The molecular formula is C21H32N6O. The van der Waals surface area contributed by atoms with Gasteiger partial charge in [-0.2, -0.15) is 5.10 Å². The number of anilines is 1. The molecular weight excluding hydrogens is 352 g/mol. The van der Waals surface area contributed by atoms with Crippen LogP contribution in [-0.4, -0.2) is 50.2 Å². The minimum Gasteiger partial charge on any atom is -0.370 e. The number of carbonyl (C=O) groups is 1. The van der Waals surface area contributed by atoms with E-state index in [9.17, 15) is 4.79 Å². The summed E-state index contributed by atoms with van der Waals surface area (Å²) in [5, 5.41) is 8.05. The predicted octanol–water partition coefficient (Wildman–Crippen LogP) is 3.13. The molecule has 7 heteroatoms. The summed E-state index contributed by atoms with van der Waals surface area (Å²) in [5.41, 5.74) is 4.58. The van der Waals surface area contributed by atoms with E-state index in [0.29, 0.717) is 6.42 Å². The highest BCUT2D eigenvalue weighted by Crippen LogP contribution is 2.21. The summed E-state index contributed by atoms with van der Waals surface area (Å²) in [6.07, 6.45) is 2.62. The molecule has 2 aromatic rings. The van der Waals surface area contributed by atoms with Crippen molar-refractivity contribution in [3.05, 3.63) is 34.5 Å². The van der Waals surface area contributed by atoms with Gasteiger partial charge in [-0.05, 0) is 46.1 Å². The Morgan fingerprint density at radius 3 is 2.64 bits per heavy atom. The summed E-state index contributed by atoms with van der Waals surface area (Å²) in [4.78, 5) is 22.8. The molecule has 0 aromatic carbocycles. The van der Waals surface area contributed by atoms with Crippen LogP contribution in [0.1, 0.15) is 60.6 Å². The molecule has 1 saturated heterocycles. The highest BCUT2D eigenvalue weighted by molar-refractivity contribution is 5.78. The molecule has 3 heterocycles. The van der Waals surface area contributed by atoms with Crippen LogP contribution >= 0.6 is 0 Å². The van der Waals surface area contributed by atoms with Crippen LogP contribution in [0.25, 0.3) is 0 Å². The molecule has 1 fully saturated rings. The van der Waals surface area contributed by atoms with Crippen molar-refractivity contribution in [2.24, 2.45) is 0 Å². The van der Waals surface area contributed by atoms with Gasteiger partial charge in [0.05, 0.1) is 11.4 Å². The standard InChI is InChI=1S/C21H32N6O/c1-14(13-27-17(4)15(2)16(3)25-27)19-12-20(24-18(5)23-19)22-9-7-11-26-10-6-8-21(26)28/h12,14H,6-11,13H2,1-5H3,(H,22,23,24). The Morgan fingerprint density at radius 2 is 2.00 bits per heavy atom. The zero-order valence-electron chi connectivity index (χ0n) is 17.7. The van der Waals surface area contributed by atoms with E-state index in [-0.39, 0.29) is 11.8 Å². The van der Waals surface area contributed by atoms with Crippen molar-refractivity contribution >= 4 is 11.7 Å². The number of nitrogens with zero attached hydrogens (tertiary/aromatic N) is 5. The van der Waals surface area contributed by atoms with Gasteiger partial charge >= 0.3 is 0 Å². The summed E-state index contributed by atoms with van der Waals surface area (Å²) >= 11 is 0. The number of hydrogen-bond acceptors (Lipinski definition) is 5. The molecule has 1 unspecified atom stereocenters. The van der Waals surface area contributed by atoms with Gasteiger partial charge in [0.2, 0.25) is 5.91 Å². The van der Waals surface area contributed by atoms with E-state index in [1.54, 1.807) is 0 Å². The normalized spacial score (nSPS) is 15.3. The van der Waals surface area contributed by atoms with E-state index in [1.165, 1.54) is 11.3 Å². The van der Waals surface area contributed by atoms with Gasteiger partial charge in [0, 0.05) is 50.3 Å². The Bertz CT molecular complexity index is 844. The maximum atomic E-state index is 11.7. The van der Waals surface area contributed by atoms with Gasteiger partial charge < -0.3 is 10.2 Å². The number of aromatic nitrogens is 4. The fourth-order valence-electron chi connectivity index (χ4n) is 3.68. The monoisotopic (exact) mass is 384 g/mol. The number of amides is 1. The molecule has 0 radical (unpaired) electrons. The Kier molecular flexibility index (Phi) is 6.31. The van der Waals surface area contributed by atoms with Gasteiger partial charge in [-0.1, -0.05) is 6.92 Å². The van der Waals surface area contributed by atoms with Crippen molar-refractivity contribution in [2.45, 2.75) is 66.3 Å². The van der Waals surface area contributed by atoms with E-state index in [0.717, 1.165) is 62.1 Å². The Labute approximate surface area is 167 Å². The second kappa shape index (κ2) is 8.71. The first kappa shape index (κ1) is 20.3. The van der Waals surface area contributed by atoms with Crippen LogP contribution in [0.4, 0.5) is 5.82 Å². The van der Waals surface area contributed by atoms with Crippen molar-refractivity contribution in [3.63, 3.8) is 0 Å². The zero-order chi connectivity index (χ0) is 20.3. The summed E-state index contributed by atoms with van der Waals surface area (Å²) in [6, 6.07) is 2.04. The third kappa shape index (κ3) is 4.69. The van der Waals surface area contributed by atoms with Gasteiger partial charge in [-0.3, -0.25) is 9.48 Å². The third-order valence-electron chi connectivity index (χ3n) is 5.64. The lowest BCUT2D eigenvalue weighted by atomic mass is 10.1. The molecule has 28 heavy (non-hydrogen) atoms. The average molecular weight is 385 g/mol. The molecule has 1 amide bonds. The van der Waals surface area contributed by atoms with Crippen LogP contribution in [0.3, 0.4) is 0 Å². The molecule has 3 rings (SSSR count). The van der Waals surface area contributed by atoms with Crippen LogP contribution in [0.5, 0.6) is 0 Å². The van der Waals surface area contributed by atoms with E-state index >= 15 is 0 Å². The van der Waals surface area contributed by atoms with Crippen molar-refractivity contribution in [3.8, 4) is 0 Å². The zero-order valence-corrected chi connectivity index (χ0v) is 17.7. The Morgan fingerprint density at radius 1 is 1.21 bits per heavy atom. The molecule has 0 aliphatic carbocycles. The van der Waals surface area contributed by atoms with Crippen molar-refractivity contribution in [2.75, 3.05) is 25.0 Å². The average Bonchev–Trinajstić information content (AvgIpc) is 3.17. The van der Waals surface area contributed by atoms with E-state index in [4.69, 9.17) is 0 Å². The molecule has 1 N–H and O–H groups in total. The molecule has 0 saturated carbocycles. The fraction of sp³-hybridized carbons (Fsp3) is 0.619. The number of rotatable bonds is 8. The van der Waals surface area contributed by atoms with Crippen LogP contribution < -0.4 is 5.32 Å². The summed E-state index contributed by atoms with van der Waals surface area (Å²) in [7, 11) is 0. The minimum absolute atomic E-state index is 0.238. The number of hydrogen-bond donors (Lipinski definition) is 1. The summed E-state index contributed by atoms with van der Waals surface area (Å²) in [6.45, 7) is 13.7. The molecule has 7 nitrogen and oxygen atoms in total. The van der Waals surface area contributed by atoms with Gasteiger partial charge in [-0.25, -0.2) is 9.97 Å². The topological polar surface area (TPSA) is 75.9 Å². The molecule has 0 bridgehead atoms. The smallest absolute Gasteiger partial charge is 0.222 e. The number of likely N-dealkylation sites (tertiary alicyclic amines) is 1. The van der Waals surface area contributed by atoms with E-state index in [1.807, 2.05) is 17.9 Å².